The lowest BCUT2D eigenvalue weighted by Gasteiger charge is -2.09. The summed E-state index contributed by atoms with van der Waals surface area (Å²) in [5.74, 6) is 0.595. The Morgan fingerprint density at radius 3 is 2.74 bits per heavy atom. The Labute approximate surface area is 179 Å². The van der Waals surface area contributed by atoms with Crippen LogP contribution in [0.2, 0.25) is 5.02 Å². The predicted molar refractivity (Wildman–Crippen MR) is 111 cm³/mol. The summed E-state index contributed by atoms with van der Waals surface area (Å²) >= 11 is 6.12. The first-order chi connectivity index (χ1) is 14.9. The van der Waals surface area contributed by atoms with Crippen LogP contribution in [0, 0.1) is 10.1 Å². The number of H-pyrrole nitrogens is 1. The van der Waals surface area contributed by atoms with Gasteiger partial charge in [0.25, 0.3) is 5.69 Å². The second kappa shape index (κ2) is 8.09. The van der Waals surface area contributed by atoms with Gasteiger partial charge in [-0.25, -0.2) is 9.78 Å². The van der Waals surface area contributed by atoms with Crippen LogP contribution in [-0.2, 0) is 11.3 Å². The van der Waals surface area contributed by atoms with E-state index < -0.39 is 11.1 Å². The van der Waals surface area contributed by atoms with Crippen molar-refractivity contribution >= 4 is 45.2 Å². The van der Waals surface area contributed by atoms with E-state index in [1.807, 2.05) is 0 Å². The number of nitrogens with one attached hydrogen (secondary N) is 1. The van der Waals surface area contributed by atoms with Crippen LogP contribution in [0.15, 0.2) is 42.6 Å². The molecule has 2 N–H and O–H groups in total. The molecule has 0 aliphatic carbocycles. The Bertz CT molecular complexity index is 1340. The fourth-order valence-corrected chi connectivity index (χ4v) is 3.46. The lowest BCUT2D eigenvalue weighted by Crippen LogP contribution is -2.07. The van der Waals surface area contributed by atoms with Crippen molar-refractivity contribution in [1.82, 2.24) is 9.97 Å². The van der Waals surface area contributed by atoms with Crippen molar-refractivity contribution in [3.05, 3.63) is 63.3 Å². The molecule has 0 aliphatic rings. The number of nitrogens with zero attached hydrogens (tertiary/aromatic N) is 2. The molecule has 0 saturated carbocycles. The quantitative estimate of drug-likeness (QED) is 0.233. The molecule has 2 heterocycles. The molecule has 31 heavy (non-hydrogen) atoms. The first-order valence-electron chi connectivity index (χ1n) is 8.82. The Morgan fingerprint density at radius 2 is 2.06 bits per heavy atom. The lowest BCUT2D eigenvalue weighted by atomic mass is 10.1. The van der Waals surface area contributed by atoms with E-state index in [0.29, 0.717) is 22.2 Å². The fraction of sp³-hybridized carbons (Fsp3) is 0.100. The van der Waals surface area contributed by atoms with Crippen molar-refractivity contribution in [2.45, 2.75) is 6.61 Å². The Morgan fingerprint density at radius 1 is 1.26 bits per heavy atom. The number of pyridine rings is 1. The molecule has 0 amide bonds. The average molecular weight is 444 g/mol. The Hall–Kier alpha value is -3.89. The molecular weight excluding hydrogens is 430 g/mol. The minimum Gasteiger partial charge on any atom is -0.456 e. The van der Waals surface area contributed by atoms with Gasteiger partial charge in [0.2, 0.25) is 5.88 Å². The number of carbonyl (C=O) groups is 1. The van der Waals surface area contributed by atoms with Gasteiger partial charge in [-0.2, -0.15) is 0 Å². The van der Waals surface area contributed by atoms with Gasteiger partial charge in [0.15, 0.2) is 0 Å². The average Bonchev–Trinajstić information content (AvgIpc) is 3.09. The molecule has 0 saturated heterocycles. The van der Waals surface area contributed by atoms with Crippen LogP contribution in [0.3, 0.4) is 0 Å². The number of hydrogen-bond donors (Lipinski definition) is 2. The molecule has 2 aromatic heterocycles. The summed E-state index contributed by atoms with van der Waals surface area (Å²) in [5, 5.41) is 21.4. The van der Waals surface area contributed by atoms with Gasteiger partial charge in [-0.05, 0) is 24.3 Å². The first kappa shape index (κ1) is 20.4. The number of ether oxygens (including phenoxy) is 3. The maximum Gasteiger partial charge on any atom is 0.512 e. The van der Waals surface area contributed by atoms with Crippen LogP contribution in [-0.4, -0.2) is 33.3 Å². The number of fused-ring (bicyclic) bond motifs is 3. The highest BCUT2D eigenvalue weighted by Gasteiger charge is 2.18. The highest BCUT2D eigenvalue weighted by Crippen LogP contribution is 2.37. The zero-order valence-electron chi connectivity index (χ0n) is 15.9. The first-order valence-corrected chi connectivity index (χ1v) is 9.20. The van der Waals surface area contributed by atoms with Gasteiger partial charge in [-0.15, -0.1) is 0 Å². The van der Waals surface area contributed by atoms with E-state index in [4.69, 9.17) is 30.9 Å². The molecule has 0 atom stereocenters. The van der Waals surface area contributed by atoms with E-state index in [9.17, 15) is 14.9 Å². The van der Waals surface area contributed by atoms with Crippen molar-refractivity contribution in [3.63, 3.8) is 0 Å². The molecule has 10 nitrogen and oxygen atoms in total. The monoisotopic (exact) mass is 443 g/mol. The molecule has 0 spiro atoms. The summed E-state index contributed by atoms with van der Waals surface area (Å²) in [5.41, 5.74) is 1.72. The maximum absolute atomic E-state index is 11.0. The molecule has 2 aromatic carbocycles. The summed E-state index contributed by atoms with van der Waals surface area (Å²) in [4.78, 5) is 28.6. The van der Waals surface area contributed by atoms with E-state index in [2.05, 4.69) is 9.97 Å². The van der Waals surface area contributed by atoms with Crippen molar-refractivity contribution in [3.8, 4) is 17.4 Å². The maximum atomic E-state index is 11.0. The van der Waals surface area contributed by atoms with E-state index >= 15 is 0 Å². The summed E-state index contributed by atoms with van der Waals surface area (Å²) < 4.78 is 15.8. The smallest absolute Gasteiger partial charge is 0.456 e. The second-order valence-corrected chi connectivity index (χ2v) is 6.85. The predicted octanol–water partition coefficient (Wildman–Crippen LogP) is 5.27. The Kier molecular flexibility index (Phi) is 5.32. The lowest BCUT2D eigenvalue weighted by molar-refractivity contribution is -0.384. The zero-order valence-corrected chi connectivity index (χ0v) is 16.7. The number of nitro groups is 1. The molecule has 0 unspecified atom stereocenters. The molecule has 0 aliphatic heterocycles. The number of aromatic nitrogens is 2. The number of carboxylic acid groups (broad SMARTS) is 1. The van der Waals surface area contributed by atoms with Crippen molar-refractivity contribution in [2.75, 3.05) is 7.11 Å². The summed E-state index contributed by atoms with van der Waals surface area (Å²) in [6.07, 6.45) is -0.0126. The zero-order chi connectivity index (χ0) is 22.1. The second-order valence-electron chi connectivity index (χ2n) is 6.44. The molecule has 158 valence electrons. The van der Waals surface area contributed by atoms with Gasteiger partial charge in [0, 0.05) is 35.5 Å². The number of hydrogen-bond acceptors (Lipinski definition) is 7. The van der Waals surface area contributed by atoms with E-state index in [-0.39, 0.29) is 28.9 Å². The number of nitro benzene ring substituents is 1. The third kappa shape index (κ3) is 3.93. The number of benzene rings is 2. The summed E-state index contributed by atoms with van der Waals surface area (Å²) in [6, 6.07) is 9.13. The van der Waals surface area contributed by atoms with E-state index in [0.717, 1.165) is 10.9 Å². The van der Waals surface area contributed by atoms with Crippen LogP contribution in [0.4, 0.5) is 10.5 Å². The van der Waals surface area contributed by atoms with E-state index in [1.165, 1.54) is 31.5 Å². The van der Waals surface area contributed by atoms with Crippen molar-refractivity contribution in [1.29, 1.82) is 0 Å². The number of methoxy groups -OCH3 is 1. The number of rotatable bonds is 6. The van der Waals surface area contributed by atoms with Crippen molar-refractivity contribution < 1.29 is 29.0 Å². The molecule has 0 radical (unpaired) electrons. The Balaban J connectivity index is 1.81. The number of non-ortho nitro benzene ring substituents is 1. The fourth-order valence-electron chi connectivity index (χ4n) is 3.25. The van der Waals surface area contributed by atoms with Gasteiger partial charge in [0.05, 0.1) is 33.8 Å². The summed E-state index contributed by atoms with van der Waals surface area (Å²) in [7, 11) is 1.48. The third-order valence-corrected chi connectivity index (χ3v) is 4.79. The van der Waals surface area contributed by atoms with Gasteiger partial charge >= 0.3 is 6.16 Å². The van der Waals surface area contributed by atoms with Crippen molar-refractivity contribution in [2.24, 2.45) is 0 Å². The molecular formula is C20H14ClN3O7. The summed E-state index contributed by atoms with van der Waals surface area (Å²) in [6.45, 7) is 0.0686. The molecule has 0 bridgehead atoms. The third-order valence-electron chi connectivity index (χ3n) is 4.50. The molecule has 4 aromatic rings. The van der Waals surface area contributed by atoms with Crippen LogP contribution in [0.25, 0.3) is 21.8 Å². The van der Waals surface area contributed by atoms with Gasteiger partial charge < -0.3 is 24.3 Å². The van der Waals surface area contributed by atoms with Crippen LogP contribution < -0.4 is 9.47 Å². The van der Waals surface area contributed by atoms with Gasteiger partial charge in [-0.1, -0.05) is 11.6 Å². The minimum absolute atomic E-state index is 0.0686. The van der Waals surface area contributed by atoms with Crippen LogP contribution in [0.5, 0.6) is 17.4 Å². The van der Waals surface area contributed by atoms with E-state index in [1.54, 1.807) is 18.2 Å². The highest BCUT2D eigenvalue weighted by atomic mass is 35.5. The number of aromatic amines is 1. The highest BCUT2D eigenvalue weighted by molar-refractivity contribution is 6.32. The van der Waals surface area contributed by atoms with Gasteiger partial charge in [-0.3, -0.25) is 10.1 Å². The largest absolute Gasteiger partial charge is 0.512 e. The molecule has 0 fully saturated rings. The molecule has 11 heteroatoms. The number of halogens is 1. The standard InChI is InChI=1S/C20H14ClN3O7/c1-29-9-13-18-12-7-11(30-17-5-2-10(24(27)28)6-14(17)21)3-4-15(12)23-16(18)8-22-19(13)31-20(25)26/h2-8,23H,9H2,1H3,(H,25,26). The van der Waals surface area contributed by atoms with Crippen LogP contribution >= 0.6 is 11.6 Å². The molecule has 4 rings (SSSR count). The van der Waals surface area contributed by atoms with Gasteiger partial charge in [0.1, 0.15) is 11.5 Å². The SMILES string of the molecule is COCc1c(OC(=O)O)ncc2[nH]c3ccc(Oc4ccc([N+](=O)[O-])cc4Cl)cc3c12. The van der Waals surface area contributed by atoms with Crippen LogP contribution in [0.1, 0.15) is 5.56 Å². The minimum atomic E-state index is -1.49. The normalized spacial score (nSPS) is 11.0. The topological polar surface area (TPSA) is 137 Å².